The maximum absolute atomic E-state index is 5.52. The summed E-state index contributed by atoms with van der Waals surface area (Å²) in [7, 11) is 3.80. The minimum Gasteiger partial charge on any atom is -0.377 e. The second-order valence-corrected chi connectivity index (χ2v) is 4.19. The first-order valence-corrected chi connectivity index (χ1v) is 4.90. The van der Waals surface area contributed by atoms with Crippen LogP contribution < -0.4 is 5.32 Å². The molecule has 1 atom stereocenters. The predicted molar refractivity (Wildman–Crippen MR) is 51.3 cm³/mol. The molecule has 0 saturated heterocycles. The lowest BCUT2D eigenvalue weighted by molar-refractivity contribution is -0.0208. The molecule has 0 aromatic rings. The predicted octanol–water partition coefficient (Wildman–Crippen LogP) is 1.80. The largest absolute Gasteiger partial charge is 0.377 e. The number of hydrogen-bond acceptors (Lipinski definition) is 2. The van der Waals surface area contributed by atoms with Gasteiger partial charge in [0.1, 0.15) is 0 Å². The van der Waals surface area contributed by atoms with Gasteiger partial charge in [0.05, 0.1) is 5.60 Å². The van der Waals surface area contributed by atoms with Crippen LogP contribution in [0, 0.1) is 5.92 Å². The number of likely N-dealkylation sites (N-methyl/N-ethyl adjacent to an activating group) is 1. The van der Waals surface area contributed by atoms with Crippen molar-refractivity contribution in [3.63, 3.8) is 0 Å². The van der Waals surface area contributed by atoms with E-state index in [0.29, 0.717) is 0 Å². The first-order chi connectivity index (χ1) is 5.70. The van der Waals surface area contributed by atoms with Crippen molar-refractivity contribution in [3.05, 3.63) is 0 Å². The van der Waals surface area contributed by atoms with E-state index >= 15 is 0 Å². The standard InChI is InChI=1S/C10H21NO/c1-10(12-3,8-11-2)7-9-5-4-6-9/h9,11H,4-8H2,1-3H3. The van der Waals surface area contributed by atoms with Crippen LogP contribution in [0.2, 0.25) is 0 Å². The second-order valence-electron chi connectivity index (χ2n) is 4.19. The highest BCUT2D eigenvalue weighted by atomic mass is 16.5. The smallest absolute Gasteiger partial charge is 0.0777 e. The van der Waals surface area contributed by atoms with Gasteiger partial charge in [-0.25, -0.2) is 0 Å². The third-order valence-electron chi connectivity index (χ3n) is 2.99. The van der Waals surface area contributed by atoms with E-state index in [4.69, 9.17) is 4.74 Å². The van der Waals surface area contributed by atoms with Crippen LogP contribution in [0.1, 0.15) is 32.6 Å². The Hall–Kier alpha value is -0.0800. The molecule has 0 bridgehead atoms. The SMILES string of the molecule is CNCC(C)(CC1CCC1)OC. The Bertz CT molecular complexity index is 134. The molecule has 0 aromatic carbocycles. The minimum atomic E-state index is 0.0554. The number of nitrogens with one attached hydrogen (secondary N) is 1. The van der Waals surface area contributed by atoms with Gasteiger partial charge >= 0.3 is 0 Å². The molecule has 0 aromatic heterocycles. The zero-order chi connectivity index (χ0) is 9.03. The minimum absolute atomic E-state index is 0.0554. The van der Waals surface area contributed by atoms with Crippen LogP contribution in [0.4, 0.5) is 0 Å². The van der Waals surface area contributed by atoms with E-state index in [9.17, 15) is 0 Å². The first-order valence-electron chi connectivity index (χ1n) is 4.90. The summed E-state index contributed by atoms with van der Waals surface area (Å²) in [5.41, 5.74) is 0.0554. The van der Waals surface area contributed by atoms with Crippen molar-refractivity contribution >= 4 is 0 Å². The van der Waals surface area contributed by atoms with Crippen molar-refractivity contribution in [2.75, 3.05) is 20.7 Å². The van der Waals surface area contributed by atoms with Crippen LogP contribution in [0.5, 0.6) is 0 Å². The molecule has 0 aliphatic heterocycles. The van der Waals surface area contributed by atoms with E-state index in [0.717, 1.165) is 12.5 Å². The van der Waals surface area contributed by atoms with Gasteiger partial charge in [-0.15, -0.1) is 0 Å². The van der Waals surface area contributed by atoms with Gasteiger partial charge in [-0.3, -0.25) is 0 Å². The first kappa shape index (κ1) is 10.0. The Morgan fingerprint density at radius 3 is 2.50 bits per heavy atom. The zero-order valence-electron chi connectivity index (χ0n) is 8.52. The fourth-order valence-corrected chi connectivity index (χ4v) is 1.91. The number of ether oxygens (including phenoxy) is 1. The maximum Gasteiger partial charge on any atom is 0.0777 e. The van der Waals surface area contributed by atoms with Gasteiger partial charge in [-0.2, -0.15) is 0 Å². The Morgan fingerprint density at radius 1 is 1.50 bits per heavy atom. The molecule has 12 heavy (non-hydrogen) atoms. The number of rotatable bonds is 5. The monoisotopic (exact) mass is 171 g/mol. The van der Waals surface area contributed by atoms with Gasteiger partial charge in [0.2, 0.25) is 0 Å². The summed E-state index contributed by atoms with van der Waals surface area (Å²) in [4.78, 5) is 0. The fourth-order valence-electron chi connectivity index (χ4n) is 1.91. The van der Waals surface area contributed by atoms with E-state index in [1.807, 2.05) is 14.2 Å². The zero-order valence-corrected chi connectivity index (χ0v) is 8.52. The third kappa shape index (κ3) is 2.46. The van der Waals surface area contributed by atoms with Gasteiger partial charge < -0.3 is 10.1 Å². The Morgan fingerprint density at radius 2 is 2.17 bits per heavy atom. The fraction of sp³-hybridized carbons (Fsp3) is 1.00. The van der Waals surface area contributed by atoms with Gasteiger partial charge in [-0.1, -0.05) is 19.3 Å². The molecule has 0 amide bonds. The maximum atomic E-state index is 5.52. The third-order valence-corrected chi connectivity index (χ3v) is 2.99. The molecule has 0 spiro atoms. The molecule has 1 rings (SSSR count). The van der Waals surface area contributed by atoms with E-state index in [1.165, 1.54) is 25.7 Å². The Kier molecular flexibility index (Phi) is 3.53. The van der Waals surface area contributed by atoms with Gasteiger partial charge in [-0.05, 0) is 26.3 Å². The molecule has 1 fully saturated rings. The molecule has 0 radical (unpaired) electrons. The van der Waals surface area contributed by atoms with E-state index in [-0.39, 0.29) is 5.60 Å². The van der Waals surface area contributed by atoms with E-state index in [2.05, 4.69) is 12.2 Å². The molecule has 0 heterocycles. The van der Waals surface area contributed by atoms with Gasteiger partial charge in [0.25, 0.3) is 0 Å². The molecular formula is C10H21NO. The van der Waals surface area contributed by atoms with Crippen LogP contribution in [0.15, 0.2) is 0 Å². The summed E-state index contributed by atoms with van der Waals surface area (Å²) in [5.74, 6) is 0.920. The Balaban J connectivity index is 2.30. The highest BCUT2D eigenvalue weighted by Gasteiger charge is 2.29. The molecule has 1 N–H and O–H groups in total. The molecule has 2 heteroatoms. The van der Waals surface area contributed by atoms with E-state index in [1.54, 1.807) is 0 Å². The lowest BCUT2D eigenvalue weighted by Crippen LogP contribution is -2.41. The number of methoxy groups -OCH3 is 1. The van der Waals surface area contributed by atoms with Crippen molar-refractivity contribution in [2.24, 2.45) is 5.92 Å². The summed E-state index contributed by atoms with van der Waals surface area (Å²) < 4.78 is 5.52. The lowest BCUT2D eigenvalue weighted by Gasteiger charge is -2.36. The average Bonchev–Trinajstić information content (AvgIpc) is 1.98. The summed E-state index contributed by atoms with van der Waals surface area (Å²) in [6, 6.07) is 0. The normalized spacial score (nSPS) is 23.2. The molecule has 1 aliphatic rings. The van der Waals surface area contributed by atoms with Crippen LogP contribution in [-0.4, -0.2) is 26.3 Å². The summed E-state index contributed by atoms with van der Waals surface area (Å²) >= 11 is 0. The number of hydrogen-bond donors (Lipinski definition) is 1. The van der Waals surface area contributed by atoms with Crippen LogP contribution in [0.3, 0.4) is 0 Å². The van der Waals surface area contributed by atoms with Crippen LogP contribution in [-0.2, 0) is 4.74 Å². The van der Waals surface area contributed by atoms with Crippen molar-refractivity contribution in [1.29, 1.82) is 0 Å². The van der Waals surface area contributed by atoms with Crippen LogP contribution in [0.25, 0.3) is 0 Å². The molecule has 1 aliphatic carbocycles. The Labute approximate surface area is 75.7 Å². The quantitative estimate of drug-likeness (QED) is 0.681. The molecule has 1 saturated carbocycles. The van der Waals surface area contributed by atoms with Crippen LogP contribution >= 0.6 is 0 Å². The lowest BCUT2D eigenvalue weighted by atomic mass is 9.78. The van der Waals surface area contributed by atoms with Gasteiger partial charge in [0.15, 0.2) is 0 Å². The summed E-state index contributed by atoms with van der Waals surface area (Å²) in [6.45, 7) is 3.15. The molecular weight excluding hydrogens is 150 g/mol. The highest BCUT2D eigenvalue weighted by molar-refractivity contribution is 4.83. The van der Waals surface area contributed by atoms with Gasteiger partial charge in [0, 0.05) is 13.7 Å². The molecule has 72 valence electrons. The van der Waals surface area contributed by atoms with Crippen molar-refractivity contribution in [3.8, 4) is 0 Å². The summed E-state index contributed by atoms with van der Waals surface area (Å²) in [6.07, 6.45) is 5.44. The molecule has 1 unspecified atom stereocenters. The second kappa shape index (κ2) is 4.24. The van der Waals surface area contributed by atoms with Crippen molar-refractivity contribution in [1.82, 2.24) is 5.32 Å². The average molecular weight is 171 g/mol. The highest BCUT2D eigenvalue weighted by Crippen LogP contribution is 2.34. The molecule has 2 nitrogen and oxygen atoms in total. The topological polar surface area (TPSA) is 21.3 Å². The van der Waals surface area contributed by atoms with Crippen molar-refractivity contribution in [2.45, 2.75) is 38.2 Å². The van der Waals surface area contributed by atoms with E-state index < -0.39 is 0 Å². The van der Waals surface area contributed by atoms with Crippen molar-refractivity contribution < 1.29 is 4.74 Å². The summed E-state index contributed by atoms with van der Waals surface area (Å²) in [5, 5.41) is 3.19.